The topological polar surface area (TPSA) is 71.8 Å². The summed E-state index contributed by atoms with van der Waals surface area (Å²) in [7, 11) is 3.59. The number of pyridine rings is 1. The van der Waals surface area contributed by atoms with E-state index in [0.717, 1.165) is 17.8 Å². The Balaban J connectivity index is 2.20. The maximum Gasteiger partial charge on any atom is 0.274 e. The Hall–Kier alpha value is -2.37. The normalized spacial score (nSPS) is 10.3. The Morgan fingerprint density at radius 3 is 2.89 bits per heavy atom. The number of hydrogen-bond donors (Lipinski definition) is 2. The van der Waals surface area contributed by atoms with Crippen LogP contribution in [0.1, 0.15) is 23.1 Å². The number of rotatable bonds is 4. The van der Waals surface area contributed by atoms with Gasteiger partial charge in [-0.2, -0.15) is 5.10 Å². The molecule has 0 aromatic carbocycles. The van der Waals surface area contributed by atoms with Gasteiger partial charge in [-0.1, -0.05) is 13.0 Å². The molecule has 0 fully saturated rings. The zero-order valence-corrected chi connectivity index (χ0v) is 11.3. The van der Waals surface area contributed by atoms with Crippen molar-refractivity contribution in [3.63, 3.8) is 0 Å². The molecule has 100 valence electrons. The molecule has 0 saturated carbocycles. The quantitative estimate of drug-likeness (QED) is 0.876. The molecule has 0 aliphatic heterocycles. The molecule has 6 heteroatoms. The van der Waals surface area contributed by atoms with Gasteiger partial charge in [-0.05, 0) is 18.6 Å². The highest BCUT2D eigenvalue weighted by molar-refractivity contribution is 6.03. The van der Waals surface area contributed by atoms with Crippen LogP contribution in [0, 0.1) is 0 Å². The first-order valence-corrected chi connectivity index (χ1v) is 6.12. The summed E-state index contributed by atoms with van der Waals surface area (Å²) in [6.45, 7) is 2.00. The van der Waals surface area contributed by atoms with Crippen LogP contribution in [0.2, 0.25) is 0 Å². The van der Waals surface area contributed by atoms with Gasteiger partial charge in [0.05, 0.1) is 11.4 Å². The summed E-state index contributed by atoms with van der Waals surface area (Å²) in [5.41, 5.74) is 1.96. The Kier molecular flexibility index (Phi) is 3.79. The van der Waals surface area contributed by atoms with E-state index in [4.69, 9.17) is 0 Å². The lowest BCUT2D eigenvalue weighted by Crippen LogP contribution is -2.14. The van der Waals surface area contributed by atoms with Gasteiger partial charge in [0.1, 0.15) is 11.5 Å². The maximum atomic E-state index is 12.1. The SMILES string of the molecule is CCc1nn(C)cc1NC(=O)c1cccc(NC)n1. The number of aryl methyl sites for hydroxylation is 2. The molecule has 0 unspecified atom stereocenters. The number of anilines is 2. The Morgan fingerprint density at radius 2 is 2.21 bits per heavy atom. The van der Waals surface area contributed by atoms with E-state index in [1.807, 2.05) is 14.0 Å². The van der Waals surface area contributed by atoms with E-state index in [-0.39, 0.29) is 5.91 Å². The molecule has 0 aliphatic rings. The molecule has 2 aromatic rings. The second kappa shape index (κ2) is 5.51. The molecule has 19 heavy (non-hydrogen) atoms. The van der Waals surface area contributed by atoms with Crippen LogP contribution in [0.5, 0.6) is 0 Å². The first-order chi connectivity index (χ1) is 9.13. The van der Waals surface area contributed by atoms with E-state index in [1.54, 1.807) is 36.1 Å². The summed E-state index contributed by atoms with van der Waals surface area (Å²) in [4.78, 5) is 16.3. The fraction of sp³-hybridized carbons (Fsp3) is 0.308. The maximum absolute atomic E-state index is 12.1. The van der Waals surface area contributed by atoms with E-state index < -0.39 is 0 Å². The molecule has 2 aromatic heterocycles. The van der Waals surface area contributed by atoms with Gasteiger partial charge in [-0.3, -0.25) is 9.48 Å². The third-order valence-electron chi connectivity index (χ3n) is 2.73. The molecule has 2 rings (SSSR count). The molecule has 0 spiro atoms. The first kappa shape index (κ1) is 13.1. The molecule has 0 atom stereocenters. The highest BCUT2D eigenvalue weighted by atomic mass is 16.1. The fourth-order valence-electron chi connectivity index (χ4n) is 1.79. The van der Waals surface area contributed by atoms with Gasteiger partial charge in [-0.25, -0.2) is 4.98 Å². The lowest BCUT2D eigenvalue weighted by Gasteiger charge is -2.05. The molecule has 0 radical (unpaired) electrons. The molecule has 0 saturated heterocycles. The van der Waals surface area contributed by atoms with Crippen molar-refractivity contribution in [1.82, 2.24) is 14.8 Å². The molecule has 2 heterocycles. The highest BCUT2D eigenvalue weighted by Crippen LogP contribution is 2.15. The summed E-state index contributed by atoms with van der Waals surface area (Å²) >= 11 is 0. The number of hydrogen-bond acceptors (Lipinski definition) is 4. The molecule has 2 N–H and O–H groups in total. The summed E-state index contributed by atoms with van der Waals surface area (Å²) < 4.78 is 1.69. The zero-order chi connectivity index (χ0) is 13.8. The number of carbonyl (C=O) groups is 1. The van der Waals surface area contributed by atoms with Gasteiger partial charge in [0, 0.05) is 20.3 Å². The minimum absolute atomic E-state index is 0.236. The largest absolute Gasteiger partial charge is 0.373 e. The van der Waals surface area contributed by atoms with E-state index in [1.165, 1.54) is 0 Å². The molecule has 1 amide bonds. The Bertz CT molecular complexity index is 590. The van der Waals surface area contributed by atoms with E-state index in [0.29, 0.717) is 11.5 Å². The van der Waals surface area contributed by atoms with Crippen molar-refractivity contribution in [3.8, 4) is 0 Å². The number of aromatic nitrogens is 3. The van der Waals surface area contributed by atoms with Gasteiger partial charge in [-0.15, -0.1) is 0 Å². The molecule has 0 aliphatic carbocycles. The van der Waals surface area contributed by atoms with Crippen LogP contribution in [0.25, 0.3) is 0 Å². The summed E-state index contributed by atoms with van der Waals surface area (Å²) in [5, 5.41) is 10.0. The second-order valence-corrected chi connectivity index (χ2v) is 4.13. The van der Waals surface area contributed by atoms with Crippen LogP contribution in [-0.4, -0.2) is 27.7 Å². The van der Waals surface area contributed by atoms with E-state index in [9.17, 15) is 4.79 Å². The third kappa shape index (κ3) is 2.90. The van der Waals surface area contributed by atoms with Gasteiger partial charge in [0.2, 0.25) is 0 Å². The van der Waals surface area contributed by atoms with E-state index in [2.05, 4.69) is 20.7 Å². The summed E-state index contributed by atoms with van der Waals surface area (Å²) in [5.74, 6) is 0.425. The third-order valence-corrected chi connectivity index (χ3v) is 2.73. The highest BCUT2D eigenvalue weighted by Gasteiger charge is 2.12. The molecular weight excluding hydrogens is 242 g/mol. The molecule has 6 nitrogen and oxygen atoms in total. The predicted molar refractivity (Wildman–Crippen MR) is 74.3 cm³/mol. The first-order valence-electron chi connectivity index (χ1n) is 6.12. The molecular formula is C13H17N5O. The lowest BCUT2D eigenvalue weighted by atomic mass is 10.2. The molecule has 0 bridgehead atoms. The van der Waals surface area contributed by atoms with Crippen LogP contribution in [0.15, 0.2) is 24.4 Å². The average molecular weight is 259 g/mol. The monoisotopic (exact) mass is 259 g/mol. The van der Waals surface area contributed by atoms with E-state index >= 15 is 0 Å². The lowest BCUT2D eigenvalue weighted by molar-refractivity contribution is 0.102. The second-order valence-electron chi connectivity index (χ2n) is 4.13. The predicted octanol–water partition coefficient (Wildman–Crippen LogP) is 1.67. The smallest absolute Gasteiger partial charge is 0.274 e. The van der Waals surface area contributed by atoms with Crippen LogP contribution in [0.4, 0.5) is 11.5 Å². The number of nitrogens with zero attached hydrogens (tertiary/aromatic N) is 3. The average Bonchev–Trinajstić information content (AvgIpc) is 2.78. The van der Waals surface area contributed by atoms with Crippen molar-refractivity contribution >= 4 is 17.4 Å². The van der Waals surface area contributed by atoms with Gasteiger partial charge in [0.15, 0.2) is 0 Å². The van der Waals surface area contributed by atoms with Crippen molar-refractivity contribution in [2.45, 2.75) is 13.3 Å². The van der Waals surface area contributed by atoms with Crippen LogP contribution in [0.3, 0.4) is 0 Å². The van der Waals surface area contributed by atoms with Gasteiger partial charge >= 0.3 is 0 Å². The summed E-state index contributed by atoms with van der Waals surface area (Å²) in [6.07, 6.45) is 2.55. The number of carbonyl (C=O) groups excluding carboxylic acids is 1. The Labute approximate surface area is 111 Å². The van der Waals surface area contributed by atoms with Crippen molar-refractivity contribution in [3.05, 3.63) is 35.8 Å². The van der Waals surface area contributed by atoms with Crippen LogP contribution in [-0.2, 0) is 13.5 Å². The minimum atomic E-state index is -0.236. The number of nitrogens with one attached hydrogen (secondary N) is 2. The van der Waals surface area contributed by atoms with Crippen molar-refractivity contribution in [2.24, 2.45) is 7.05 Å². The fourth-order valence-corrected chi connectivity index (χ4v) is 1.79. The zero-order valence-electron chi connectivity index (χ0n) is 11.3. The van der Waals surface area contributed by atoms with Crippen LogP contribution < -0.4 is 10.6 Å². The van der Waals surface area contributed by atoms with Gasteiger partial charge < -0.3 is 10.6 Å². The van der Waals surface area contributed by atoms with Crippen molar-refractivity contribution in [1.29, 1.82) is 0 Å². The Morgan fingerprint density at radius 1 is 1.42 bits per heavy atom. The van der Waals surface area contributed by atoms with Crippen molar-refractivity contribution in [2.75, 3.05) is 17.7 Å². The van der Waals surface area contributed by atoms with Gasteiger partial charge in [0.25, 0.3) is 5.91 Å². The number of amides is 1. The summed E-state index contributed by atoms with van der Waals surface area (Å²) in [6, 6.07) is 5.27. The standard InChI is InChI=1S/C13H17N5O/c1-4-9-11(8-18(3)17-9)16-13(19)10-6-5-7-12(14-2)15-10/h5-8H,4H2,1-3H3,(H,14,15)(H,16,19). The van der Waals surface area contributed by atoms with Crippen molar-refractivity contribution < 1.29 is 4.79 Å². The van der Waals surface area contributed by atoms with Crippen LogP contribution >= 0.6 is 0 Å². The minimum Gasteiger partial charge on any atom is -0.373 e.